The number of methoxy groups -OCH3 is 1. The van der Waals surface area contributed by atoms with Gasteiger partial charge in [-0.05, 0) is 29.8 Å². The normalized spacial score (nSPS) is 10.3. The highest BCUT2D eigenvalue weighted by atomic mass is 35.5. The van der Waals surface area contributed by atoms with Crippen LogP contribution in [-0.2, 0) is 11.2 Å². The highest BCUT2D eigenvalue weighted by Gasteiger charge is 2.07. The molecule has 126 valence electrons. The van der Waals surface area contributed by atoms with Gasteiger partial charge in [0.1, 0.15) is 5.75 Å². The van der Waals surface area contributed by atoms with E-state index in [9.17, 15) is 4.79 Å². The molecule has 0 atom stereocenters. The monoisotopic (exact) mass is 353 g/mol. The van der Waals surface area contributed by atoms with Gasteiger partial charge in [-0.3, -0.25) is 4.79 Å². The summed E-state index contributed by atoms with van der Waals surface area (Å²) in [5.74, 6) is 1.18. The lowest BCUT2D eigenvalue weighted by atomic mass is 10.1. The Bertz CT molecular complexity index is 865. The molecular weight excluding hydrogens is 338 g/mol. The molecule has 1 heterocycles. The first-order chi connectivity index (χ1) is 12.1. The van der Waals surface area contributed by atoms with Gasteiger partial charge in [-0.1, -0.05) is 35.9 Å². The first-order valence-corrected chi connectivity index (χ1v) is 8.02. The number of carbonyl (C=O) groups is 1. The van der Waals surface area contributed by atoms with E-state index in [0.717, 1.165) is 16.9 Å². The number of nitrogens with one attached hydrogen (secondary N) is 1. The molecule has 6 heteroatoms. The van der Waals surface area contributed by atoms with Gasteiger partial charge >= 0.3 is 0 Å². The molecule has 0 aliphatic heterocycles. The molecule has 5 nitrogen and oxygen atoms in total. The molecule has 0 radical (unpaired) electrons. The summed E-state index contributed by atoms with van der Waals surface area (Å²) in [6, 6.07) is 14.7. The van der Waals surface area contributed by atoms with Crippen molar-refractivity contribution < 1.29 is 9.53 Å². The Hall–Kier alpha value is -2.92. The van der Waals surface area contributed by atoms with Crippen LogP contribution in [0.15, 0.2) is 60.9 Å². The Morgan fingerprint density at radius 2 is 1.84 bits per heavy atom. The Balaban J connectivity index is 1.63. The second-order valence-electron chi connectivity index (χ2n) is 5.38. The first kappa shape index (κ1) is 16.9. The predicted octanol–water partition coefficient (Wildman–Crippen LogP) is 3.99. The summed E-state index contributed by atoms with van der Waals surface area (Å²) in [6.45, 7) is 0. The van der Waals surface area contributed by atoms with Crippen LogP contribution in [0.5, 0.6) is 5.75 Å². The largest absolute Gasteiger partial charge is 0.497 e. The summed E-state index contributed by atoms with van der Waals surface area (Å²) >= 11 is 5.97. The molecule has 1 aromatic heterocycles. The zero-order valence-corrected chi connectivity index (χ0v) is 14.3. The van der Waals surface area contributed by atoms with Crippen molar-refractivity contribution in [1.82, 2.24) is 9.97 Å². The molecule has 0 aliphatic rings. The van der Waals surface area contributed by atoms with Gasteiger partial charge in [0.25, 0.3) is 0 Å². The van der Waals surface area contributed by atoms with E-state index in [1.54, 1.807) is 31.6 Å². The van der Waals surface area contributed by atoms with Gasteiger partial charge in [-0.25, -0.2) is 9.97 Å². The summed E-state index contributed by atoms with van der Waals surface area (Å²) in [5.41, 5.74) is 2.27. The summed E-state index contributed by atoms with van der Waals surface area (Å²) < 4.78 is 5.10. The Kier molecular flexibility index (Phi) is 5.26. The zero-order chi connectivity index (χ0) is 17.6. The number of anilines is 1. The van der Waals surface area contributed by atoms with Crippen molar-refractivity contribution >= 4 is 23.2 Å². The molecule has 2 aromatic carbocycles. The highest BCUT2D eigenvalue weighted by Crippen LogP contribution is 2.20. The standard InChI is InChI=1S/C19H16ClN3O2/c1-25-17-7-5-13(6-8-17)9-18(24)23-16-11-21-19(22-12-16)14-3-2-4-15(20)10-14/h2-8,10-12H,9H2,1H3,(H,23,24). The van der Waals surface area contributed by atoms with E-state index in [1.807, 2.05) is 36.4 Å². The van der Waals surface area contributed by atoms with Crippen molar-refractivity contribution in [2.24, 2.45) is 0 Å². The molecule has 0 saturated heterocycles. The number of hydrogen-bond acceptors (Lipinski definition) is 4. The van der Waals surface area contributed by atoms with Crippen LogP contribution in [0.25, 0.3) is 11.4 Å². The van der Waals surface area contributed by atoms with Crippen molar-refractivity contribution in [2.45, 2.75) is 6.42 Å². The fraction of sp³-hybridized carbons (Fsp3) is 0.105. The molecule has 0 spiro atoms. The highest BCUT2D eigenvalue weighted by molar-refractivity contribution is 6.30. The Morgan fingerprint density at radius 1 is 1.12 bits per heavy atom. The third-order valence-electron chi connectivity index (χ3n) is 3.54. The summed E-state index contributed by atoms with van der Waals surface area (Å²) in [4.78, 5) is 20.7. The van der Waals surface area contributed by atoms with Gasteiger partial charge in [0.15, 0.2) is 5.82 Å². The second kappa shape index (κ2) is 7.77. The van der Waals surface area contributed by atoms with E-state index in [0.29, 0.717) is 16.5 Å². The van der Waals surface area contributed by atoms with Crippen molar-refractivity contribution in [2.75, 3.05) is 12.4 Å². The van der Waals surface area contributed by atoms with E-state index in [-0.39, 0.29) is 12.3 Å². The number of aromatic nitrogens is 2. The molecule has 1 N–H and O–H groups in total. The number of amides is 1. The molecule has 1 amide bonds. The Labute approximate surface area is 150 Å². The van der Waals surface area contributed by atoms with Gasteiger partial charge in [0, 0.05) is 10.6 Å². The second-order valence-corrected chi connectivity index (χ2v) is 5.82. The third-order valence-corrected chi connectivity index (χ3v) is 3.78. The average molecular weight is 354 g/mol. The molecule has 3 rings (SSSR count). The lowest BCUT2D eigenvalue weighted by Crippen LogP contribution is -2.14. The van der Waals surface area contributed by atoms with E-state index in [1.165, 1.54) is 0 Å². The number of benzene rings is 2. The summed E-state index contributed by atoms with van der Waals surface area (Å²) in [6.07, 6.45) is 3.42. The van der Waals surface area contributed by atoms with Crippen LogP contribution >= 0.6 is 11.6 Å². The van der Waals surface area contributed by atoms with Crippen molar-refractivity contribution in [1.29, 1.82) is 0 Å². The summed E-state index contributed by atoms with van der Waals surface area (Å²) in [5, 5.41) is 3.41. The van der Waals surface area contributed by atoms with Gasteiger partial charge in [0.05, 0.1) is 31.6 Å². The van der Waals surface area contributed by atoms with Crippen LogP contribution < -0.4 is 10.1 Å². The minimum absolute atomic E-state index is 0.135. The van der Waals surface area contributed by atoms with Crippen LogP contribution in [0.1, 0.15) is 5.56 Å². The third kappa shape index (κ3) is 4.55. The van der Waals surface area contributed by atoms with Gasteiger partial charge < -0.3 is 10.1 Å². The van der Waals surface area contributed by atoms with Crippen molar-refractivity contribution in [3.8, 4) is 17.1 Å². The van der Waals surface area contributed by atoms with E-state index in [4.69, 9.17) is 16.3 Å². The molecule has 3 aromatic rings. The topological polar surface area (TPSA) is 64.1 Å². The van der Waals surface area contributed by atoms with Gasteiger partial charge in [-0.2, -0.15) is 0 Å². The maximum Gasteiger partial charge on any atom is 0.228 e. The van der Waals surface area contributed by atoms with Crippen molar-refractivity contribution in [3.05, 3.63) is 71.5 Å². The maximum atomic E-state index is 12.1. The molecule has 25 heavy (non-hydrogen) atoms. The van der Waals surface area contributed by atoms with Crippen LogP contribution in [0.4, 0.5) is 5.69 Å². The lowest BCUT2D eigenvalue weighted by Gasteiger charge is -2.06. The van der Waals surface area contributed by atoms with E-state index < -0.39 is 0 Å². The number of carbonyl (C=O) groups excluding carboxylic acids is 1. The van der Waals surface area contributed by atoms with Crippen molar-refractivity contribution in [3.63, 3.8) is 0 Å². The quantitative estimate of drug-likeness (QED) is 0.753. The van der Waals surface area contributed by atoms with E-state index >= 15 is 0 Å². The van der Waals surface area contributed by atoms with Crippen LogP contribution in [0, 0.1) is 0 Å². The fourth-order valence-corrected chi connectivity index (χ4v) is 2.49. The molecule has 0 bridgehead atoms. The molecular formula is C19H16ClN3O2. The number of nitrogens with zero attached hydrogens (tertiary/aromatic N) is 2. The molecule has 0 saturated carbocycles. The van der Waals surface area contributed by atoms with Crippen LogP contribution in [0.3, 0.4) is 0 Å². The minimum atomic E-state index is -0.135. The molecule has 0 fully saturated rings. The summed E-state index contributed by atoms with van der Waals surface area (Å²) in [7, 11) is 1.61. The number of hydrogen-bond donors (Lipinski definition) is 1. The van der Waals surface area contributed by atoms with Gasteiger partial charge in [0.2, 0.25) is 5.91 Å². The smallest absolute Gasteiger partial charge is 0.228 e. The van der Waals surface area contributed by atoms with Gasteiger partial charge in [-0.15, -0.1) is 0 Å². The Morgan fingerprint density at radius 3 is 2.48 bits per heavy atom. The van der Waals surface area contributed by atoms with Crippen LogP contribution in [-0.4, -0.2) is 23.0 Å². The first-order valence-electron chi connectivity index (χ1n) is 7.65. The lowest BCUT2D eigenvalue weighted by molar-refractivity contribution is -0.115. The molecule has 0 aliphatic carbocycles. The number of ether oxygens (including phenoxy) is 1. The average Bonchev–Trinajstić information content (AvgIpc) is 2.63. The van der Waals surface area contributed by atoms with E-state index in [2.05, 4.69) is 15.3 Å². The minimum Gasteiger partial charge on any atom is -0.497 e. The maximum absolute atomic E-state index is 12.1. The SMILES string of the molecule is COc1ccc(CC(=O)Nc2cnc(-c3cccc(Cl)c3)nc2)cc1. The number of rotatable bonds is 5. The molecule has 0 unspecified atom stereocenters. The predicted molar refractivity (Wildman–Crippen MR) is 97.8 cm³/mol. The van der Waals surface area contributed by atoms with Crippen LogP contribution in [0.2, 0.25) is 5.02 Å². The zero-order valence-electron chi connectivity index (χ0n) is 13.6. The number of halogens is 1. The fourth-order valence-electron chi connectivity index (χ4n) is 2.30.